The van der Waals surface area contributed by atoms with Gasteiger partial charge in [-0.05, 0) is 63.8 Å². The minimum Gasteiger partial charge on any atom is -0.336 e. The van der Waals surface area contributed by atoms with Crippen LogP contribution in [-0.4, -0.2) is 33.2 Å². The molecule has 0 radical (unpaired) electrons. The molecule has 1 fully saturated rings. The van der Waals surface area contributed by atoms with Gasteiger partial charge in [0.2, 0.25) is 0 Å². The number of aryl methyl sites for hydroxylation is 1. The number of piperidine rings is 1. The Balaban J connectivity index is 1.83. The highest BCUT2D eigenvalue weighted by atomic mass is 35.5. The smallest absolute Gasteiger partial charge is 0.254 e. The van der Waals surface area contributed by atoms with Crippen LogP contribution in [0.1, 0.15) is 54.4 Å². The number of rotatable bonds is 3. The van der Waals surface area contributed by atoms with E-state index in [2.05, 4.69) is 12.0 Å². The molecule has 3 rings (SSSR count). The standard InChI is InChI=1S/C19H24ClN3O/c1-4-16-7-5-6-12-22(16)19(24)15-8-10-17(11-9-15)23-14(3)18(20)13(2)21-23/h8-11,16H,4-7,12H2,1-3H3. The third-order valence-corrected chi connectivity index (χ3v) is 5.47. The van der Waals surface area contributed by atoms with Gasteiger partial charge in [-0.1, -0.05) is 18.5 Å². The lowest BCUT2D eigenvalue weighted by Gasteiger charge is -2.35. The zero-order valence-electron chi connectivity index (χ0n) is 14.6. The van der Waals surface area contributed by atoms with Crippen LogP contribution in [0.15, 0.2) is 24.3 Å². The number of likely N-dealkylation sites (tertiary alicyclic amines) is 1. The summed E-state index contributed by atoms with van der Waals surface area (Å²) in [5.41, 5.74) is 3.39. The summed E-state index contributed by atoms with van der Waals surface area (Å²) in [7, 11) is 0. The first-order valence-electron chi connectivity index (χ1n) is 8.66. The van der Waals surface area contributed by atoms with E-state index in [1.807, 2.05) is 47.7 Å². The van der Waals surface area contributed by atoms with Gasteiger partial charge in [0.15, 0.2) is 0 Å². The summed E-state index contributed by atoms with van der Waals surface area (Å²) in [5.74, 6) is 0.138. The Hall–Kier alpha value is -1.81. The van der Waals surface area contributed by atoms with Gasteiger partial charge in [-0.3, -0.25) is 4.79 Å². The van der Waals surface area contributed by atoms with Crippen molar-refractivity contribution in [3.63, 3.8) is 0 Å². The number of benzene rings is 1. The molecule has 2 aromatic rings. The van der Waals surface area contributed by atoms with Gasteiger partial charge in [0.1, 0.15) is 0 Å². The van der Waals surface area contributed by atoms with Crippen LogP contribution in [0.5, 0.6) is 0 Å². The highest BCUT2D eigenvalue weighted by molar-refractivity contribution is 6.31. The van der Waals surface area contributed by atoms with Gasteiger partial charge in [0, 0.05) is 18.2 Å². The molecule has 1 aromatic heterocycles. The summed E-state index contributed by atoms with van der Waals surface area (Å²) >= 11 is 6.22. The molecule has 1 aromatic carbocycles. The molecule has 1 atom stereocenters. The van der Waals surface area contributed by atoms with Crippen molar-refractivity contribution in [3.05, 3.63) is 46.2 Å². The number of halogens is 1. The van der Waals surface area contributed by atoms with Gasteiger partial charge in [0.25, 0.3) is 5.91 Å². The molecular formula is C19H24ClN3O. The lowest BCUT2D eigenvalue weighted by atomic mass is 9.99. The number of hydrogen-bond donors (Lipinski definition) is 0. The Morgan fingerprint density at radius 2 is 1.96 bits per heavy atom. The van der Waals surface area contributed by atoms with Crippen LogP contribution in [0.3, 0.4) is 0 Å². The molecule has 4 nitrogen and oxygen atoms in total. The Bertz CT molecular complexity index is 736. The summed E-state index contributed by atoms with van der Waals surface area (Å²) in [6, 6.07) is 8.04. The van der Waals surface area contributed by atoms with E-state index in [1.54, 1.807) is 0 Å². The largest absolute Gasteiger partial charge is 0.336 e. The minimum atomic E-state index is 0.138. The molecule has 5 heteroatoms. The lowest BCUT2D eigenvalue weighted by molar-refractivity contribution is 0.0608. The molecule has 1 amide bonds. The molecule has 0 saturated carbocycles. The fraction of sp³-hybridized carbons (Fsp3) is 0.474. The first-order chi connectivity index (χ1) is 11.5. The van der Waals surface area contributed by atoms with E-state index in [-0.39, 0.29) is 5.91 Å². The van der Waals surface area contributed by atoms with Crippen LogP contribution in [-0.2, 0) is 0 Å². The van der Waals surface area contributed by atoms with Crippen LogP contribution >= 0.6 is 11.6 Å². The molecular weight excluding hydrogens is 322 g/mol. The third-order valence-electron chi connectivity index (χ3n) is 4.92. The average molecular weight is 346 g/mol. The molecule has 1 unspecified atom stereocenters. The van der Waals surface area contributed by atoms with Crippen molar-refractivity contribution in [1.82, 2.24) is 14.7 Å². The number of hydrogen-bond acceptors (Lipinski definition) is 2. The van der Waals surface area contributed by atoms with Crippen molar-refractivity contribution in [1.29, 1.82) is 0 Å². The highest BCUT2D eigenvalue weighted by Gasteiger charge is 2.26. The molecule has 24 heavy (non-hydrogen) atoms. The van der Waals surface area contributed by atoms with Gasteiger partial charge >= 0.3 is 0 Å². The van der Waals surface area contributed by atoms with E-state index < -0.39 is 0 Å². The Kier molecular flexibility index (Phi) is 4.95. The van der Waals surface area contributed by atoms with Crippen molar-refractivity contribution in [3.8, 4) is 5.69 Å². The molecule has 1 aliphatic heterocycles. The molecule has 0 spiro atoms. The third kappa shape index (κ3) is 3.07. The van der Waals surface area contributed by atoms with Crippen LogP contribution in [0, 0.1) is 13.8 Å². The van der Waals surface area contributed by atoms with E-state index in [0.717, 1.165) is 48.4 Å². The van der Waals surface area contributed by atoms with Crippen LogP contribution in [0.2, 0.25) is 5.02 Å². The molecule has 0 aliphatic carbocycles. The van der Waals surface area contributed by atoms with Crippen LogP contribution < -0.4 is 0 Å². The zero-order chi connectivity index (χ0) is 17.3. The second-order valence-corrected chi connectivity index (χ2v) is 6.88. The van der Waals surface area contributed by atoms with Crippen molar-refractivity contribution in [2.24, 2.45) is 0 Å². The normalized spacial score (nSPS) is 18.0. The molecule has 128 valence electrons. The first kappa shape index (κ1) is 17.0. The van der Waals surface area contributed by atoms with Crippen molar-refractivity contribution < 1.29 is 4.79 Å². The highest BCUT2D eigenvalue weighted by Crippen LogP contribution is 2.24. The second-order valence-electron chi connectivity index (χ2n) is 6.50. The average Bonchev–Trinajstić information content (AvgIpc) is 2.88. The fourth-order valence-corrected chi connectivity index (χ4v) is 3.60. The van der Waals surface area contributed by atoms with E-state index in [1.165, 1.54) is 6.42 Å². The SMILES string of the molecule is CCC1CCCCN1C(=O)c1ccc(-n2nc(C)c(Cl)c2C)cc1. The maximum Gasteiger partial charge on any atom is 0.254 e. The number of aromatic nitrogens is 2. The van der Waals surface area contributed by atoms with E-state index in [0.29, 0.717) is 11.1 Å². The molecule has 1 saturated heterocycles. The van der Waals surface area contributed by atoms with Gasteiger partial charge in [-0.25, -0.2) is 4.68 Å². The predicted octanol–water partition coefficient (Wildman–Crippen LogP) is 4.55. The number of amides is 1. The van der Waals surface area contributed by atoms with Crippen LogP contribution in [0.4, 0.5) is 0 Å². The summed E-state index contributed by atoms with van der Waals surface area (Å²) < 4.78 is 1.82. The summed E-state index contributed by atoms with van der Waals surface area (Å²) in [6.45, 7) is 6.87. The quantitative estimate of drug-likeness (QED) is 0.818. The lowest BCUT2D eigenvalue weighted by Crippen LogP contribution is -2.43. The molecule has 2 heterocycles. The maximum atomic E-state index is 12.8. The van der Waals surface area contributed by atoms with Gasteiger partial charge in [-0.15, -0.1) is 0 Å². The van der Waals surface area contributed by atoms with Gasteiger partial charge in [-0.2, -0.15) is 5.10 Å². The molecule has 1 aliphatic rings. The van der Waals surface area contributed by atoms with Crippen molar-refractivity contribution in [2.45, 2.75) is 52.5 Å². The second kappa shape index (κ2) is 6.98. The van der Waals surface area contributed by atoms with Crippen molar-refractivity contribution >= 4 is 17.5 Å². The molecule has 0 N–H and O–H groups in total. The van der Waals surface area contributed by atoms with E-state index in [4.69, 9.17) is 11.6 Å². The summed E-state index contributed by atoms with van der Waals surface area (Å²) in [4.78, 5) is 14.9. The Morgan fingerprint density at radius 1 is 1.25 bits per heavy atom. The predicted molar refractivity (Wildman–Crippen MR) is 97.0 cm³/mol. The van der Waals surface area contributed by atoms with E-state index in [9.17, 15) is 4.79 Å². The van der Waals surface area contributed by atoms with Crippen LogP contribution in [0.25, 0.3) is 5.69 Å². The van der Waals surface area contributed by atoms with Crippen molar-refractivity contribution in [2.75, 3.05) is 6.54 Å². The topological polar surface area (TPSA) is 38.1 Å². The Labute approximate surface area is 148 Å². The molecule has 0 bridgehead atoms. The van der Waals surface area contributed by atoms with E-state index >= 15 is 0 Å². The minimum absolute atomic E-state index is 0.138. The zero-order valence-corrected chi connectivity index (χ0v) is 15.3. The number of carbonyl (C=O) groups is 1. The van der Waals surface area contributed by atoms with Gasteiger partial charge in [0.05, 0.1) is 22.1 Å². The summed E-state index contributed by atoms with van der Waals surface area (Å²) in [5, 5.41) is 5.15. The van der Waals surface area contributed by atoms with Gasteiger partial charge < -0.3 is 4.90 Å². The first-order valence-corrected chi connectivity index (χ1v) is 9.03. The maximum absolute atomic E-state index is 12.8. The monoisotopic (exact) mass is 345 g/mol. The number of nitrogens with zero attached hydrogens (tertiary/aromatic N) is 3. The number of carbonyl (C=O) groups excluding carboxylic acids is 1. The fourth-order valence-electron chi connectivity index (χ4n) is 3.48. The Morgan fingerprint density at radius 3 is 2.54 bits per heavy atom. The summed E-state index contributed by atoms with van der Waals surface area (Å²) in [6.07, 6.45) is 4.46.